The van der Waals surface area contributed by atoms with E-state index < -0.39 is 30.0 Å². The van der Waals surface area contributed by atoms with Gasteiger partial charge in [-0.15, -0.1) is 0 Å². The Hall–Kier alpha value is -2.82. The van der Waals surface area contributed by atoms with Gasteiger partial charge in [0.25, 0.3) is 5.78 Å². The molecule has 158 valence electrons. The van der Waals surface area contributed by atoms with Crippen LogP contribution in [0.4, 0.5) is 0 Å². The summed E-state index contributed by atoms with van der Waals surface area (Å²) >= 11 is 6.05. The summed E-state index contributed by atoms with van der Waals surface area (Å²) in [6.07, 6.45) is -1.06. The summed E-state index contributed by atoms with van der Waals surface area (Å²) in [5.74, 6) is -1.01. The standard InChI is InChI=1S/C22H25ClN3O4/c1-12-17(14-7-9-15(23)10-8-14)18(13(2)26-19(12)16(27)11-25-24)20(21(28)29-6)30-22(3,4)5/h7-10,20H,11H2,1-6H3/q+1/t20-/m0/s1. The number of hydrogen-bond donors (Lipinski definition) is 0. The topological polar surface area (TPSA) is 93.6 Å². The van der Waals surface area contributed by atoms with E-state index in [4.69, 9.17) is 26.5 Å². The third kappa shape index (κ3) is 5.21. The minimum absolute atomic E-state index is 0.165. The Labute approximate surface area is 181 Å². The average Bonchev–Trinajstić information content (AvgIpc) is 2.67. The lowest BCUT2D eigenvalue weighted by atomic mass is 9.89. The van der Waals surface area contributed by atoms with Gasteiger partial charge in [-0.2, -0.15) is 0 Å². The zero-order chi connectivity index (χ0) is 22.6. The minimum Gasteiger partial charge on any atom is -0.467 e. The molecule has 8 heteroatoms. The highest BCUT2D eigenvalue weighted by Crippen LogP contribution is 2.38. The number of aryl methyl sites for hydroxylation is 1. The molecule has 1 heterocycles. The predicted octanol–water partition coefficient (Wildman–Crippen LogP) is 5.08. The third-order valence-electron chi connectivity index (χ3n) is 4.43. The third-order valence-corrected chi connectivity index (χ3v) is 4.68. The molecule has 2 aromatic rings. The van der Waals surface area contributed by atoms with Gasteiger partial charge in [-0.25, -0.2) is 9.78 Å². The number of ketones is 1. The van der Waals surface area contributed by atoms with Gasteiger partial charge >= 0.3 is 12.5 Å². The lowest BCUT2D eigenvalue weighted by Gasteiger charge is -2.29. The zero-order valence-corrected chi connectivity index (χ0v) is 18.7. The van der Waals surface area contributed by atoms with Crippen LogP contribution in [0.2, 0.25) is 5.02 Å². The maximum atomic E-state index is 12.7. The Balaban J connectivity index is 2.88. The van der Waals surface area contributed by atoms with Crippen LogP contribution in [-0.4, -0.2) is 36.0 Å². The second kappa shape index (κ2) is 9.33. The molecule has 1 aromatic carbocycles. The van der Waals surface area contributed by atoms with Gasteiger partial charge in [0.15, 0.2) is 6.10 Å². The lowest BCUT2D eigenvalue weighted by molar-refractivity contribution is -0.164. The van der Waals surface area contributed by atoms with E-state index in [2.05, 4.69) is 9.96 Å². The second-order valence-corrected chi connectivity index (χ2v) is 8.26. The monoisotopic (exact) mass is 430 g/mol. The van der Waals surface area contributed by atoms with Crippen molar-refractivity contribution in [1.29, 1.82) is 5.39 Å². The number of halogens is 1. The molecule has 1 atom stereocenters. The zero-order valence-electron chi connectivity index (χ0n) is 17.9. The predicted molar refractivity (Wildman–Crippen MR) is 114 cm³/mol. The largest absolute Gasteiger partial charge is 0.467 e. The number of esters is 1. The summed E-state index contributed by atoms with van der Waals surface area (Å²) in [5.41, 5.74) is 2.36. The smallest absolute Gasteiger partial charge is 0.368 e. The van der Waals surface area contributed by atoms with Gasteiger partial charge in [-0.05, 0) is 63.4 Å². The summed E-state index contributed by atoms with van der Waals surface area (Å²) in [7, 11) is 1.29. The second-order valence-electron chi connectivity index (χ2n) is 7.82. The number of diazo groups is 1. The molecule has 0 spiro atoms. The van der Waals surface area contributed by atoms with Gasteiger partial charge in [-0.3, -0.25) is 4.79 Å². The van der Waals surface area contributed by atoms with E-state index in [1.54, 1.807) is 38.1 Å². The van der Waals surface area contributed by atoms with Crippen LogP contribution in [0.3, 0.4) is 0 Å². The van der Waals surface area contributed by atoms with Gasteiger partial charge in [0.1, 0.15) is 10.7 Å². The van der Waals surface area contributed by atoms with Crippen LogP contribution in [0, 0.1) is 19.2 Å². The molecule has 30 heavy (non-hydrogen) atoms. The number of aromatic nitrogens is 1. The fourth-order valence-corrected chi connectivity index (χ4v) is 3.34. The Morgan fingerprint density at radius 3 is 2.30 bits per heavy atom. The number of pyridine rings is 1. The van der Waals surface area contributed by atoms with E-state index in [0.717, 1.165) is 5.56 Å². The molecule has 0 saturated carbocycles. The summed E-state index contributed by atoms with van der Waals surface area (Å²) in [6.45, 7) is 8.52. The summed E-state index contributed by atoms with van der Waals surface area (Å²) in [5, 5.41) is 9.38. The highest BCUT2D eigenvalue weighted by atomic mass is 35.5. The van der Waals surface area contributed by atoms with E-state index >= 15 is 0 Å². The van der Waals surface area contributed by atoms with E-state index in [9.17, 15) is 9.59 Å². The Morgan fingerprint density at radius 2 is 1.80 bits per heavy atom. The van der Waals surface area contributed by atoms with Crippen LogP contribution in [0.25, 0.3) is 16.1 Å². The number of Topliss-reactive ketones (excluding diaryl/α,β-unsaturated/α-hetero) is 1. The minimum atomic E-state index is -1.06. The number of rotatable bonds is 6. The molecular formula is C22H25ClN3O4+. The molecule has 0 aliphatic carbocycles. The van der Waals surface area contributed by atoms with Gasteiger partial charge in [-0.1, -0.05) is 23.7 Å². The molecule has 2 rings (SSSR count). The van der Waals surface area contributed by atoms with Crippen LogP contribution in [0.1, 0.15) is 54.2 Å². The molecule has 0 bridgehead atoms. The molecule has 7 nitrogen and oxygen atoms in total. The van der Waals surface area contributed by atoms with E-state index in [0.29, 0.717) is 27.4 Å². The van der Waals surface area contributed by atoms with Gasteiger partial charge in [0, 0.05) is 16.3 Å². The average molecular weight is 431 g/mol. The maximum absolute atomic E-state index is 12.7. The van der Waals surface area contributed by atoms with Crippen molar-refractivity contribution in [2.45, 2.75) is 46.3 Å². The van der Waals surface area contributed by atoms with Gasteiger partial charge in [0.2, 0.25) is 5.39 Å². The van der Waals surface area contributed by atoms with E-state index in [-0.39, 0.29) is 5.69 Å². The molecule has 0 aliphatic heterocycles. The summed E-state index contributed by atoms with van der Waals surface area (Å²) < 4.78 is 11.1. The quantitative estimate of drug-likeness (QED) is 0.360. The van der Waals surface area contributed by atoms with Crippen LogP contribution in [0.15, 0.2) is 24.3 Å². The highest BCUT2D eigenvalue weighted by Gasteiger charge is 2.34. The van der Waals surface area contributed by atoms with Crippen molar-refractivity contribution in [2.24, 2.45) is 0 Å². The SMILES string of the molecule is COC(=O)[C@@H](OC(C)(C)C)c1c(C)nc(C(=O)C[N+]#N)c(C)c1-c1ccc(Cl)cc1. The Bertz CT molecular complexity index is 1010. The first-order valence-corrected chi connectivity index (χ1v) is 9.74. The normalized spacial score (nSPS) is 12.2. The van der Waals surface area contributed by atoms with E-state index in [1.807, 2.05) is 20.8 Å². The first-order chi connectivity index (χ1) is 14.0. The fourth-order valence-electron chi connectivity index (χ4n) is 3.22. The number of ether oxygens (including phenoxy) is 2. The molecule has 0 fully saturated rings. The Kier molecular flexibility index (Phi) is 7.30. The van der Waals surface area contributed by atoms with Crippen LogP contribution in [0.5, 0.6) is 0 Å². The number of methoxy groups -OCH3 is 1. The molecule has 0 saturated heterocycles. The Morgan fingerprint density at radius 1 is 1.20 bits per heavy atom. The van der Waals surface area contributed by atoms with Crippen molar-refractivity contribution in [3.63, 3.8) is 0 Å². The van der Waals surface area contributed by atoms with Crippen LogP contribution < -0.4 is 0 Å². The summed E-state index contributed by atoms with van der Waals surface area (Å²) in [6, 6.07) is 7.03. The van der Waals surface area contributed by atoms with Crippen molar-refractivity contribution in [3.8, 4) is 11.1 Å². The lowest BCUT2D eigenvalue weighted by Crippen LogP contribution is -2.30. The van der Waals surface area contributed by atoms with Crippen molar-refractivity contribution in [2.75, 3.05) is 13.7 Å². The van der Waals surface area contributed by atoms with Crippen molar-refractivity contribution in [3.05, 3.63) is 56.8 Å². The summed E-state index contributed by atoms with van der Waals surface area (Å²) in [4.78, 5) is 32.6. The molecule has 0 aliphatic rings. The van der Waals surface area contributed by atoms with Gasteiger partial charge < -0.3 is 9.47 Å². The maximum Gasteiger partial charge on any atom is 0.368 e. The first kappa shape index (κ1) is 23.5. The fraction of sp³-hybridized carbons (Fsp3) is 0.409. The molecule has 1 aromatic heterocycles. The number of benzene rings is 1. The van der Waals surface area contributed by atoms with Gasteiger partial charge in [0.05, 0.1) is 12.7 Å². The molecule has 0 N–H and O–H groups in total. The highest BCUT2D eigenvalue weighted by molar-refractivity contribution is 6.30. The number of nitrogens with zero attached hydrogens (tertiary/aromatic N) is 3. The van der Waals surface area contributed by atoms with Crippen LogP contribution >= 0.6 is 11.6 Å². The van der Waals surface area contributed by atoms with Crippen molar-refractivity contribution in [1.82, 2.24) is 4.98 Å². The van der Waals surface area contributed by atoms with E-state index in [1.165, 1.54) is 7.11 Å². The first-order valence-electron chi connectivity index (χ1n) is 9.37. The molecule has 0 unspecified atom stereocenters. The van der Waals surface area contributed by atoms with Crippen molar-refractivity contribution >= 4 is 23.4 Å². The molecular weight excluding hydrogens is 406 g/mol. The molecule has 0 amide bonds. The molecule has 0 radical (unpaired) electrons. The van der Waals surface area contributed by atoms with Crippen LogP contribution in [-0.2, 0) is 14.3 Å². The number of carbonyl (C=O) groups excluding carboxylic acids is 2. The number of hydrogen-bond acceptors (Lipinski definition) is 6. The number of carbonyl (C=O) groups is 2. The van der Waals surface area contributed by atoms with Crippen molar-refractivity contribution < 1.29 is 19.1 Å².